The van der Waals surface area contributed by atoms with Gasteiger partial charge in [0.25, 0.3) is 0 Å². The van der Waals surface area contributed by atoms with E-state index in [2.05, 4.69) is 64.0 Å². The Bertz CT molecular complexity index is 505. The monoisotopic (exact) mass is 311 g/mol. The lowest BCUT2D eigenvalue weighted by Crippen LogP contribution is -1.87. The molecule has 1 aromatic carbocycles. The molecular weight excluding hydrogens is 298 g/mol. The summed E-state index contributed by atoms with van der Waals surface area (Å²) in [6.07, 6.45) is 0. The Balaban J connectivity index is 2.26. The number of hydrogen-bond donors (Lipinski definition) is 2. The Morgan fingerprint density at radius 1 is 1.29 bits per heavy atom. The first-order chi connectivity index (χ1) is 8.06. The van der Waals surface area contributed by atoms with E-state index >= 15 is 0 Å². The lowest BCUT2D eigenvalue weighted by atomic mass is 10.2. The molecule has 0 unspecified atom stereocenters. The van der Waals surface area contributed by atoms with Crippen LogP contribution in [0.2, 0.25) is 0 Å². The zero-order valence-electron chi connectivity index (χ0n) is 9.70. The summed E-state index contributed by atoms with van der Waals surface area (Å²) < 4.78 is 0.819. The van der Waals surface area contributed by atoms with Crippen molar-refractivity contribution in [2.24, 2.45) is 0 Å². The third kappa shape index (κ3) is 3.04. The summed E-state index contributed by atoms with van der Waals surface area (Å²) in [6, 6.07) is 8.34. The molecule has 0 radical (unpaired) electrons. The van der Waals surface area contributed by atoms with Crippen molar-refractivity contribution in [1.82, 2.24) is 9.97 Å². The number of aromatic amines is 1. The molecule has 3 nitrogen and oxygen atoms in total. The molecule has 0 saturated heterocycles. The summed E-state index contributed by atoms with van der Waals surface area (Å²) in [7, 11) is 0. The molecule has 2 rings (SSSR count). The van der Waals surface area contributed by atoms with Crippen LogP contribution in [0.3, 0.4) is 0 Å². The van der Waals surface area contributed by atoms with E-state index in [1.54, 1.807) is 0 Å². The van der Waals surface area contributed by atoms with Gasteiger partial charge in [0.05, 0.1) is 0 Å². The Morgan fingerprint density at radius 3 is 2.41 bits per heavy atom. The van der Waals surface area contributed by atoms with Gasteiger partial charge in [-0.2, -0.15) is 0 Å². The zero-order chi connectivity index (χ0) is 12.4. The summed E-state index contributed by atoms with van der Waals surface area (Å²) in [6.45, 7) is 4.37. The molecule has 0 aliphatic heterocycles. The largest absolute Gasteiger partial charge is 0.369 e. The number of thioether (sulfide) groups is 1. The number of nitrogen functional groups attached to an aromatic ring is 1. The van der Waals surface area contributed by atoms with E-state index in [0.717, 1.165) is 15.9 Å². The average Bonchev–Trinajstić information content (AvgIpc) is 2.58. The van der Waals surface area contributed by atoms with E-state index in [1.165, 1.54) is 4.90 Å². The Labute approximate surface area is 113 Å². The lowest BCUT2D eigenvalue weighted by Gasteiger charge is -2.05. The maximum atomic E-state index is 5.61. The quantitative estimate of drug-likeness (QED) is 0.845. The number of rotatable bonds is 3. The van der Waals surface area contributed by atoms with Crippen LogP contribution in [-0.4, -0.2) is 15.2 Å². The smallest absolute Gasteiger partial charge is 0.198 e. The molecule has 1 aromatic heterocycles. The van der Waals surface area contributed by atoms with Gasteiger partial charge in [-0.1, -0.05) is 26.0 Å². The molecule has 2 aromatic rings. The molecule has 17 heavy (non-hydrogen) atoms. The van der Waals surface area contributed by atoms with E-state index in [4.69, 9.17) is 5.73 Å². The van der Waals surface area contributed by atoms with Gasteiger partial charge in [0.15, 0.2) is 5.95 Å². The molecule has 0 amide bonds. The van der Waals surface area contributed by atoms with Crippen LogP contribution in [0.15, 0.2) is 33.8 Å². The van der Waals surface area contributed by atoms with Crippen LogP contribution in [-0.2, 0) is 0 Å². The van der Waals surface area contributed by atoms with E-state index in [0.29, 0.717) is 11.2 Å². The number of nitrogens with zero attached hydrogens (tertiary/aromatic N) is 1. The molecule has 0 atom stereocenters. The van der Waals surface area contributed by atoms with Gasteiger partial charge >= 0.3 is 0 Å². The van der Waals surface area contributed by atoms with Crippen molar-refractivity contribution in [3.63, 3.8) is 0 Å². The molecular formula is C12H14BrN3S. The fourth-order valence-electron chi connectivity index (χ4n) is 1.52. The Hall–Kier alpha value is -0.940. The molecule has 0 aliphatic rings. The highest BCUT2D eigenvalue weighted by atomic mass is 79.9. The summed E-state index contributed by atoms with van der Waals surface area (Å²) in [4.78, 5) is 8.44. The maximum Gasteiger partial charge on any atom is 0.198 e. The van der Waals surface area contributed by atoms with Gasteiger partial charge in [-0.3, -0.25) is 0 Å². The number of nitrogens with one attached hydrogen (secondary N) is 1. The molecule has 3 N–H and O–H groups in total. The molecule has 0 saturated carbocycles. The second-order valence-corrected chi connectivity index (χ2v) is 6.42. The zero-order valence-corrected chi connectivity index (χ0v) is 12.1. The number of aromatic nitrogens is 2. The standard InChI is InChI=1S/C12H14BrN3S/c1-7(2)17-9-5-3-8(4-6-9)10-11(13)16-12(14)15-10/h3-7H,1-2H3,(H3,14,15,16). The number of imidazole rings is 1. The molecule has 5 heteroatoms. The highest BCUT2D eigenvalue weighted by molar-refractivity contribution is 9.10. The molecule has 90 valence electrons. The van der Waals surface area contributed by atoms with E-state index in [1.807, 2.05) is 11.8 Å². The van der Waals surface area contributed by atoms with Crippen molar-refractivity contribution in [3.05, 3.63) is 28.9 Å². The Kier molecular flexibility index (Phi) is 3.79. The first kappa shape index (κ1) is 12.5. The predicted octanol–water partition coefficient (Wildman–Crippen LogP) is 3.92. The van der Waals surface area contributed by atoms with Gasteiger partial charge in [0.2, 0.25) is 0 Å². The van der Waals surface area contributed by atoms with Gasteiger partial charge in [-0.15, -0.1) is 11.8 Å². The summed E-state index contributed by atoms with van der Waals surface area (Å²) in [5, 5.41) is 0.591. The number of anilines is 1. The van der Waals surface area contributed by atoms with Crippen LogP contribution in [0.1, 0.15) is 13.8 Å². The molecule has 0 aliphatic carbocycles. The summed E-state index contributed by atoms with van der Waals surface area (Å²) in [5.74, 6) is 0.424. The number of hydrogen-bond acceptors (Lipinski definition) is 3. The third-order valence-corrected chi connectivity index (χ3v) is 3.77. The number of H-pyrrole nitrogens is 1. The van der Waals surface area contributed by atoms with Crippen LogP contribution in [0.5, 0.6) is 0 Å². The number of benzene rings is 1. The first-order valence-corrected chi connectivity index (χ1v) is 7.01. The van der Waals surface area contributed by atoms with Crippen LogP contribution in [0.4, 0.5) is 5.95 Å². The fraction of sp³-hybridized carbons (Fsp3) is 0.250. The number of halogens is 1. The molecule has 0 fully saturated rings. The van der Waals surface area contributed by atoms with Crippen molar-refractivity contribution >= 4 is 33.6 Å². The predicted molar refractivity (Wildman–Crippen MR) is 77.1 cm³/mol. The molecule has 0 bridgehead atoms. The fourth-order valence-corrected chi connectivity index (χ4v) is 2.88. The van der Waals surface area contributed by atoms with Crippen molar-refractivity contribution in [2.75, 3.05) is 5.73 Å². The summed E-state index contributed by atoms with van der Waals surface area (Å²) in [5.41, 5.74) is 7.52. The van der Waals surface area contributed by atoms with Crippen molar-refractivity contribution in [3.8, 4) is 11.3 Å². The highest BCUT2D eigenvalue weighted by Gasteiger charge is 2.08. The second kappa shape index (κ2) is 5.14. The average molecular weight is 312 g/mol. The van der Waals surface area contributed by atoms with Gasteiger partial charge in [-0.05, 0) is 28.1 Å². The lowest BCUT2D eigenvalue weighted by molar-refractivity contribution is 1.11. The minimum absolute atomic E-state index is 0.424. The third-order valence-electron chi connectivity index (χ3n) is 2.18. The van der Waals surface area contributed by atoms with Crippen molar-refractivity contribution in [1.29, 1.82) is 0 Å². The number of nitrogens with two attached hydrogens (primary N) is 1. The van der Waals surface area contributed by atoms with Gasteiger partial charge < -0.3 is 10.7 Å². The minimum atomic E-state index is 0.424. The van der Waals surface area contributed by atoms with E-state index in [-0.39, 0.29) is 0 Å². The van der Waals surface area contributed by atoms with Crippen LogP contribution in [0, 0.1) is 0 Å². The van der Waals surface area contributed by atoms with Gasteiger partial charge in [0.1, 0.15) is 10.3 Å². The first-order valence-electron chi connectivity index (χ1n) is 5.34. The summed E-state index contributed by atoms with van der Waals surface area (Å²) >= 11 is 5.26. The van der Waals surface area contributed by atoms with Gasteiger partial charge in [-0.25, -0.2) is 4.98 Å². The van der Waals surface area contributed by atoms with Gasteiger partial charge in [0, 0.05) is 15.7 Å². The van der Waals surface area contributed by atoms with Crippen molar-refractivity contribution < 1.29 is 0 Å². The van der Waals surface area contributed by atoms with E-state index in [9.17, 15) is 0 Å². The molecule has 0 spiro atoms. The van der Waals surface area contributed by atoms with Crippen LogP contribution in [0.25, 0.3) is 11.3 Å². The maximum absolute atomic E-state index is 5.61. The van der Waals surface area contributed by atoms with Crippen molar-refractivity contribution in [2.45, 2.75) is 24.0 Å². The topological polar surface area (TPSA) is 54.7 Å². The van der Waals surface area contributed by atoms with E-state index < -0.39 is 0 Å². The van der Waals surface area contributed by atoms with Crippen LogP contribution >= 0.6 is 27.7 Å². The van der Waals surface area contributed by atoms with Crippen LogP contribution < -0.4 is 5.73 Å². The Morgan fingerprint density at radius 2 is 1.94 bits per heavy atom. The second-order valence-electron chi connectivity index (χ2n) is 3.98. The highest BCUT2D eigenvalue weighted by Crippen LogP contribution is 2.29. The SMILES string of the molecule is CC(C)Sc1ccc(-c2nc(N)[nH]c2Br)cc1. The normalized spacial score (nSPS) is 11.1. The molecule has 1 heterocycles. The minimum Gasteiger partial charge on any atom is -0.369 e.